The van der Waals surface area contributed by atoms with Crippen molar-refractivity contribution in [2.75, 3.05) is 13.1 Å². The van der Waals surface area contributed by atoms with Crippen molar-refractivity contribution in [3.05, 3.63) is 29.8 Å². The lowest BCUT2D eigenvalue weighted by atomic mass is 9.64. The predicted octanol–water partition coefficient (Wildman–Crippen LogP) is 5.16. The van der Waals surface area contributed by atoms with Crippen LogP contribution >= 0.6 is 7.52 Å². The number of benzene rings is 1. The van der Waals surface area contributed by atoms with Gasteiger partial charge in [0.25, 0.3) is 0 Å². The smallest absolute Gasteiger partial charge is 0.302 e. The van der Waals surface area contributed by atoms with Crippen LogP contribution in [-0.4, -0.2) is 17.8 Å². The fourth-order valence-electron chi connectivity index (χ4n) is 4.96. The average molecular weight is 349 g/mol. The van der Waals surface area contributed by atoms with Gasteiger partial charge >= 0.3 is 7.52 Å². The molecule has 4 atom stereocenters. The maximum Gasteiger partial charge on any atom is 0.303 e. The fourth-order valence-corrected chi connectivity index (χ4v) is 7.81. The van der Waals surface area contributed by atoms with Gasteiger partial charge in [0.2, 0.25) is 0 Å². The maximum atomic E-state index is 14.0. The molecule has 134 valence electrons. The summed E-state index contributed by atoms with van der Waals surface area (Å²) in [5.41, 5.74) is 0.825. The van der Waals surface area contributed by atoms with Gasteiger partial charge in [-0.3, -0.25) is 4.57 Å². The van der Waals surface area contributed by atoms with Crippen molar-refractivity contribution in [1.29, 1.82) is 0 Å². The number of hydrogen-bond donors (Lipinski definition) is 0. The van der Waals surface area contributed by atoms with Crippen LogP contribution < -0.4 is 5.30 Å². The lowest BCUT2D eigenvalue weighted by Gasteiger charge is -2.46. The predicted molar refractivity (Wildman–Crippen MR) is 101 cm³/mol. The summed E-state index contributed by atoms with van der Waals surface area (Å²) in [7, 11) is -2.97. The molecule has 2 aliphatic rings. The highest BCUT2D eigenvalue weighted by molar-refractivity contribution is 7.65. The first-order valence-corrected chi connectivity index (χ1v) is 11.1. The third-order valence-electron chi connectivity index (χ3n) is 6.08. The minimum Gasteiger partial charge on any atom is -0.302 e. The van der Waals surface area contributed by atoms with Crippen LogP contribution in [0.1, 0.15) is 59.4 Å². The summed E-state index contributed by atoms with van der Waals surface area (Å²) in [4.78, 5) is 0. The van der Waals surface area contributed by atoms with Gasteiger partial charge in [-0.1, -0.05) is 59.2 Å². The molecule has 1 fully saturated rings. The molecule has 1 aliphatic heterocycles. The summed E-state index contributed by atoms with van der Waals surface area (Å²) < 4.78 is 22.8. The van der Waals surface area contributed by atoms with Crippen molar-refractivity contribution in [3.63, 3.8) is 0 Å². The highest BCUT2D eigenvalue weighted by atomic mass is 31.2. The van der Waals surface area contributed by atoms with Crippen LogP contribution in [0.25, 0.3) is 0 Å². The van der Waals surface area contributed by atoms with Gasteiger partial charge in [-0.05, 0) is 42.2 Å². The Morgan fingerprint density at radius 1 is 1.25 bits per heavy atom. The molecule has 0 radical (unpaired) electrons. The van der Waals surface area contributed by atoms with Crippen LogP contribution in [0, 0.1) is 17.8 Å². The van der Waals surface area contributed by atoms with Crippen LogP contribution in [0.4, 0.5) is 0 Å². The third kappa shape index (κ3) is 2.60. The van der Waals surface area contributed by atoms with Crippen LogP contribution in [0.5, 0.6) is 0 Å². The summed E-state index contributed by atoms with van der Waals surface area (Å²) in [5.74, 6) is 1.56. The first-order valence-electron chi connectivity index (χ1n) is 9.55. The molecule has 0 bridgehead atoms. The van der Waals surface area contributed by atoms with Gasteiger partial charge in [0.05, 0.1) is 5.30 Å². The first kappa shape index (κ1) is 18.2. The normalized spacial score (nSPS) is 35.8. The van der Waals surface area contributed by atoms with E-state index in [0.717, 1.165) is 31.2 Å². The summed E-state index contributed by atoms with van der Waals surface area (Å²) >= 11 is 0. The Balaban J connectivity index is 2.18. The van der Waals surface area contributed by atoms with Crippen LogP contribution in [0.15, 0.2) is 24.3 Å². The van der Waals surface area contributed by atoms with E-state index in [4.69, 9.17) is 4.52 Å². The standard InChI is InChI=1S/C20H32NO2P/c1-6-21(7-2)24(22)19-11-9-8-10-18(19)20(23-24)14-16(5)12-13-17(20)15(3)4/h8-11,15-17H,6-7,12-14H2,1-5H3/t16-,17+,20?,24?/m0/s1. The van der Waals surface area contributed by atoms with E-state index in [1.54, 1.807) is 0 Å². The van der Waals surface area contributed by atoms with E-state index >= 15 is 0 Å². The van der Waals surface area contributed by atoms with Gasteiger partial charge in [-0.15, -0.1) is 0 Å². The third-order valence-corrected chi connectivity index (χ3v) is 8.96. The van der Waals surface area contributed by atoms with Gasteiger partial charge in [0, 0.05) is 13.1 Å². The number of hydrogen-bond acceptors (Lipinski definition) is 2. The number of fused-ring (bicyclic) bond motifs is 2. The molecular formula is C20H32NO2P. The highest BCUT2D eigenvalue weighted by Gasteiger charge is 2.58. The first-order chi connectivity index (χ1) is 11.4. The second-order valence-electron chi connectivity index (χ2n) is 7.89. The zero-order valence-electron chi connectivity index (χ0n) is 15.8. The Hall–Kier alpha value is -0.630. The van der Waals surface area contributed by atoms with E-state index < -0.39 is 7.52 Å². The van der Waals surface area contributed by atoms with Gasteiger partial charge < -0.3 is 4.52 Å². The van der Waals surface area contributed by atoms with Crippen molar-refractivity contribution >= 4 is 12.8 Å². The molecule has 1 aromatic rings. The Bertz CT molecular complexity index is 640. The van der Waals surface area contributed by atoms with Crippen LogP contribution in [0.2, 0.25) is 0 Å². The largest absolute Gasteiger partial charge is 0.303 e. The van der Waals surface area contributed by atoms with Gasteiger partial charge in [-0.25, -0.2) is 4.67 Å². The minimum absolute atomic E-state index is 0.374. The average Bonchev–Trinajstić information content (AvgIpc) is 2.78. The van der Waals surface area contributed by atoms with Crippen molar-refractivity contribution in [3.8, 4) is 0 Å². The Morgan fingerprint density at radius 2 is 1.92 bits per heavy atom. The lowest BCUT2D eigenvalue weighted by molar-refractivity contribution is -0.0584. The second kappa shape index (κ2) is 6.59. The molecule has 0 amide bonds. The highest BCUT2D eigenvalue weighted by Crippen LogP contribution is 2.66. The van der Waals surface area contributed by atoms with E-state index in [-0.39, 0.29) is 5.60 Å². The maximum absolute atomic E-state index is 14.0. The van der Waals surface area contributed by atoms with E-state index in [9.17, 15) is 4.57 Å². The lowest BCUT2D eigenvalue weighted by Crippen LogP contribution is -2.43. The Kier molecular flexibility index (Phi) is 4.99. The summed E-state index contributed by atoms with van der Waals surface area (Å²) in [6, 6.07) is 8.30. The molecule has 1 saturated carbocycles. The molecule has 1 aromatic carbocycles. The SMILES string of the molecule is CCN(CC)P1(=O)OC2(C[C@@H](C)CC[C@@H]2C(C)C)c2ccccc21. The molecule has 2 unspecified atom stereocenters. The van der Waals surface area contributed by atoms with Crippen LogP contribution in [-0.2, 0) is 14.7 Å². The van der Waals surface area contributed by atoms with Gasteiger partial charge in [0.1, 0.15) is 5.60 Å². The van der Waals surface area contributed by atoms with Crippen molar-refractivity contribution in [2.45, 2.75) is 59.5 Å². The van der Waals surface area contributed by atoms with E-state index in [1.165, 1.54) is 12.0 Å². The summed E-state index contributed by atoms with van der Waals surface area (Å²) in [5, 5.41) is 0.952. The molecule has 3 nitrogen and oxygen atoms in total. The fraction of sp³-hybridized carbons (Fsp3) is 0.700. The summed E-state index contributed by atoms with van der Waals surface area (Å²) in [6.45, 7) is 12.5. The second-order valence-corrected chi connectivity index (χ2v) is 10.2. The zero-order chi connectivity index (χ0) is 17.5. The van der Waals surface area contributed by atoms with E-state index in [2.05, 4.69) is 46.8 Å². The Morgan fingerprint density at radius 3 is 2.54 bits per heavy atom. The molecule has 0 saturated heterocycles. The minimum atomic E-state index is -2.97. The Labute approximate surface area is 147 Å². The van der Waals surface area contributed by atoms with Gasteiger partial charge in [-0.2, -0.15) is 0 Å². The number of rotatable bonds is 4. The molecule has 1 spiro atoms. The van der Waals surface area contributed by atoms with Crippen molar-refractivity contribution in [1.82, 2.24) is 4.67 Å². The van der Waals surface area contributed by atoms with E-state index in [0.29, 0.717) is 17.8 Å². The molecule has 1 aliphatic carbocycles. The number of nitrogens with zero attached hydrogens (tertiary/aromatic N) is 1. The molecule has 0 aromatic heterocycles. The molecule has 0 N–H and O–H groups in total. The van der Waals surface area contributed by atoms with Crippen molar-refractivity contribution in [2.24, 2.45) is 17.8 Å². The quantitative estimate of drug-likeness (QED) is 0.703. The van der Waals surface area contributed by atoms with Crippen LogP contribution in [0.3, 0.4) is 0 Å². The monoisotopic (exact) mass is 349 g/mol. The molecule has 3 rings (SSSR count). The molecule has 4 heteroatoms. The molecular weight excluding hydrogens is 317 g/mol. The molecule has 24 heavy (non-hydrogen) atoms. The van der Waals surface area contributed by atoms with Crippen molar-refractivity contribution < 1.29 is 9.09 Å². The van der Waals surface area contributed by atoms with Gasteiger partial charge in [0.15, 0.2) is 0 Å². The zero-order valence-corrected chi connectivity index (χ0v) is 16.7. The topological polar surface area (TPSA) is 29.5 Å². The summed E-state index contributed by atoms with van der Waals surface area (Å²) in [6.07, 6.45) is 3.38. The molecule has 1 heterocycles. The van der Waals surface area contributed by atoms with E-state index in [1.807, 2.05) is 16.8 Å².